The number of hydrogen-bond donors (Lipinski definition) is 1. The summed E-state index contributed by atoms with van der Waals surface area (Å²) >= 11 is 0. The molecule has 3 aromatic rings. The van der Waals surface area contributed by atoms with Crippen molar-refractivity contribution in [1.29, 1.82) is 0 Å². The van der Waals surface area contributed by atoms with Gasteiger partial charge < -0.3 is 14.8 Å². The lowest BCUT2D eigenvalue weighted by Crippen LogP contribution is -2.14. The molecule has 0 saturated carbocycles. The van der Waals surface area contributed by atoms with Gasteiger partial charge in [-0.15, -0.1) is 0 Å². The molecule has 0 aliphatic heterocycles. The van der Waals surface area contributed by atoms with Crippen LogP contribution < -0.4 is 14.8 Å². The van der Waals surface area contributed by atoms with E-state index in [1.54, 1.807) is 43.9 Å². The van der Waals surface area contributed by atoms with Crippen molar-refractivity contribution < 1.29 is 14.3 Å². The number of anilines is 1. The summed E-state index contributed by atoms with van der Waals surface area (Å²) in [5.41, 5.74) is 3.37. The average Bonchev–Trinajstić information content (AvgIpc) is 2.69. The Morgan fingerprint density at radius 3 is 2.67 bits per heavy atom. The molecule has 0 bridgehead atoms. The van der Waals surface area contributed by atoms with Gasteiger partial charge in [-0.05, 0) is 36.8 Å². The van der Waals surface area contributed by atoms with Gasteiger partial charge in [-0.2, -0.15) is 0 Å². The number of pyridine rings is 2. The van der Waals surface area contributed by atoms with Gasteiger partial charge >= 0.3 is 0 Å². The van der Waals surface area contributed by atoms with Crippen molar-refractivity contribution in [3.63, 3.8) is 0 Å². The Hall–Kier alpha value is -3.41. The number of carbonyl (C=O) groups excluding carboxylic acids is 1. The molecule has 0 unspecified atom stereocenters. The van der Waals surface area contributed by atoms with Crippen LogP contribution in [0.25, 0.3) is 0 Å². The molecule has 0 saturated heterocycles. The molecule has 0 aliphatic carbocycles. The number of carbonyl (C=O) groups is 1. The zero-order valence-corrected chi connectivity index (χ0v) is 15.3. The first kappa shape index (κ1) is 18.4. The number of methoxy groups -OCH3 is 1. The molecule has 0 radical (unpaired) electrons. The number of nitrogens with one attached hydrogen (secondary N) is 1. The molecule has 0 fully saturated rings. The highest BCUT2D eigenvalue weighted by molar-refractivity contribution is 5.92. The van der Waals surface area contributed by atoms with Crippen molar-refractivity contribution in [3.05, 3.63) is 77.9 Å². The quantitative estimate of drug-likeness (QED) is 0.695. The largest absolute Gasteiger partial charge is 0.493 e. The van der Waals surface area contributed by atoms with Gasteiger partial charge in [0.15, 0.2) is 11.5 Å². The number of aryl methyl sites for hydroxylation is 1. The topological polar surface area (TPSA) is 73.3 Å². The lowest BCUT2D eigenvalue weighted by atomic mass is 10.2. The second-order valence-corrected chi connectivity index (χ2v) is 6.05. The minimum absolute atomic E-state index is 0.121. The van der Waals surface area contributed by atoms with Crippen molar-refractivity contribution in [2.45, 2.75) is 20.0 Å². The van der Waals surface area contributed by atoms with Gasteiger partial charge in [0.1, 0.15) is 6.61 Å². The van der Waals surface area contributed by atoms with Crippen LogP contribution >= 0.6 is 0 Å². The van der Waals surface area contributed by atoms with E-state index in [1.807, 2.05) is 31.2 Å². The molecule has 6 nitrogen and oxygen atoms in total. The van der Waals surface area contributed by atoms with Crippen LogP contribution in [-0.2, 0) is 17.8 Å². The molecule has 0 atom stereocenters. The Balaban J connectivity index is 1.66. The minimum Gasteiger partial charge on any atom is -0.493 e. The van der Waals surface area contributed by atoms with Crippen LogP contribution in [-0.4, -0.2) is 23.0 Å². The molecule has 2 heterocycles. The standard InChI is InChI=1S/C21H21N3O3/c1-15-5-6-16(13-23-15)10-21(25)24-18-7-8-19(26-2)20(11-18)27-14-17-4-3-9-22-12-17/h3-9,11-13H,10,14H2,1-2H3,(H,24,25). The summed E-state index contributed by atoms with van der Waals surface area (Å²) in [6.07, 6.45) is 5.42. The third-order valence-corrected chi connectivity index (χ3v) is 3.90. The van der Waals surface area contributed by atoms with E-state index in [2.05, 4.69) is 15.3 Å². The molecule has 1 aromatic carbocycles. The van der Waals surface area contributed by atoms with Gasteiger partial charge in [-0.3, -0.25) is 14.8 Å². The summed E-state index contributed by atoms with van der Waals surface area (Å²) in [5.74, 6) is 1.03. The summed E-state index contributed by atoms with van der Waals surface area (Å²) in [6, 6.07) is 12.9. The van der Waals surface area contributed by atoms with E-state index in [1.165, 1.54) is 0 Å². The van der Waals surface area contributed by atoms with Crippen molar-refractivity contribution in [2.75, 3.05) is 12.4 Å². The van der Waals surface area contributed by atoms with Crippen LogP contribution in [0.2, 0.25) is 0 Å². The number of amides is 1. The Kier molecular flexibility index (Phi) is 5.99. The lowest BCUT2D eigenvalue weighted by molar-refractivity contribution is -0.115. The third-order valence-electron chi connectivity index (χ3n) is 3.90. The molecular formula is C21H21N3O3. The van der Waals surface area contributed by atoms with Crippen LogP contribution in [0.3, 0.4) is 0 Å². The van der Waals surface area contributed by atoms with E-state index in [9.17, 15) is 4.79 Å². The first-order chi connectivity index (χ1) is 13.1. The highest BCUT2D eigenvalue weighted by Gasteiger charge is 2.10. The Labute approximate surface area is 158 Å². The van der Waals surface area contributed by atoms with Gasteiger partial charge in [0.25, 0.3) is 0 Å². The van der Waals surface area contributed by atoms with Crippen molar-refractivity contribution in [3.8, 4) is 11.5 Å². The smallest absolute Gasteiger partial charge is 0.228 e. The molecule has 27 heavy (non-hydrogen) atoms. The molecule has 3 rings (SSSR count). The van der Waals surface area contributed by atoms with Gasteiger partial charge in [-0.25, -0.2) is 0 Å². The molecular weight excluding hydrogens is 342 g/mol. The zero-order valence-electron chi connectivity index (χ0n) is 15.3. The van der Waals surface area contributed by atoms with E-state index < -0.39 is 0 Å². The monoisotopic (exact) mass is 363 g/mol. The van der Waals surface area contributed by atoms with E-state index in [4.69, 9.17) is 9.47 Å². The zero-order chi connectivity index (χ0) is 19.1. The highest BCUT2D eigenvalue weighted by Crippen LogP contribution is 2.31. The number of aromatic nitrogens is 2. The third kappa shape index (κ3) is 5.28. The molecule has 0 aliphatic rings. The van der Waals surface area contributed by atoms with Crippen LogP contribution in [0, 0.1) is 6.92 Å². The second kappa shape index (κ2) is 8.80. The van der Waals surface area contributed by atoms with Gasteiger partial charge in [0.2, 0.25) is 5.91 Å². The maximum absolute atomic E-state index is 12.3. The van der Waals surface area contributed by atoms with Gasteiger partial charge in [0.05, 0.1) is 13.5 Å². The molecule has 138 valence electrons. The minimum atomic E-state index is -0.121. The molecule has 2 aromatic heterocycles. The van der Waals surface area contributed by atoms with E-state index in [0.717, 1.165) is 16.8 Å². The Bertz CT molecular complexity index is 896. The molecule has 1 amide bonds. The molecule has 6 heteroatoms. The fourth-order valence-electron chi connectivity index (χ4n) is 2.51. The fraction of sp³-hybridized carbons (Fsp3) is 0.190. The number of benzene rings is 1. The normalized spacial score (nSPS) is 10.3. The predicted molar refractivity (Wildman–Crippen MR) is 103 cm³/mol. The fourth-order valence-corrected chi connectivity index (χ4v) is 2.51. The summed E-state index contributed by atoms with van der Waals surface area (Å²) < 4.78 is 11.2. The van der Waals surface area contributed by atoms with E-state index >= 15 is 0 Å². The van der Waals surface area contributed by atoms with Crippen molar-refractivity contribution >= 4 is 11.6 Å². The van der Waals surface area contributed by atoms with Gasteiger partial charge in [-0.1, -0.05) is 12.1 Å². The predicted octanol–water partition coefficient (Wildman–Crippen LogP) is 3.55. The summed E-state index contributed by atoms with van der Waals surface area (Å²) in [4.78, 5) is 20.6. The van der Waals surface area contributed by atoms with Crippen molar-refractivity contribution in [2.24, 2.45) is 0 Å². The number of ether oxygens (including phenoxy) is 2. The maximum Gasteiger partial charge on any atom is 0.228 e. The number of nitrogens with zero attached hydrogens (tertiary/aromatic N) is 2. The first-order valence-corrected chi connectivity index (χ1v) is 8.55. The highest BCUT2D eigenvalue weighted by atomic mass is 16.5. The van der Waals surface area contributed by atoms with Crippen molar-refractivity contribution in [1.82, 2.24) is 9.97 Å². The number of hydrogen-bond acceptors (Lipinski definition) is 5. The lowest BCUT2D eigenvalue weighted by Gasteiger charge is -2.13. The molecule has 0 spiro atoms. The summed E-state index contributed by atoms with van der Waals surface area (Å²) in [7, 11) is 1.58. The van der Waals surface area contributed by atoms with Gasteiger partial charge in [0, 0.05) is 41.6 Å². The summed E-state index contributed by atoms with van der Waals surface area (Å²) in [6.45, 7) is 2.27. The van der Waals surface area contributed by atoms with Crippen LogP contribution in [0.1, 0.15) is 16.8 Å². The SMILES string of the molecule is COc1ccc(NC(=O)Cc2ccc(C)nc2)cc1OCc1cccnc1. The summed E-state index contributed by atoms with van der Waals surface area (Å²) in [5, 5.41) is 2.88. The van der Waals surface area contributed by atoms with E-state index in [0.29, 0.717) is 23.8 Å². The second-order valence-electron chi connectivity index (χ2n) is 6.05. The van der Waals surface area contributed by atoms with Crippen LogP contribution in [0.5, 0.6) is 11.5 Å². The first-order valence-electron chi connectivity index (χ1n) is 8.55. The van der Waals surface area contributed by atoms with E-state index in [-0.39, 0.29) is 12.3 Å². The number of rotatable bonds is 7. The maximum atomic E-state index is 12.3. The average molecular weight is 363 g/mol. The van der Waals surface area contributed by atoms with Crippen LogP contribution in [0.4, 0.5) is 5.69 Å². The Morgan fingerprint density at radius 2 is 1.96 bits per heavy atom. The molecule has 1 N–H and O–H groups in total. The van der Waals surface area contributed by atoms with Crippen LogP contribution in [0.15, 0.2) is 61.1 Å². The Morgan fingerprint density at radius 1 is 1.07 bits per heavy atom.